The van der Waals surface area contributed by atoms with Crippen molar-refractivity contribution in [1.82, 2.24) is 0 Å². The summed E-state index contributed by atoms with van der Waals surface area (Å²) in [6.07, 6.45) is 0. The molecule has 74 valence electrons. The van der Waals surface area contributed by atoms with Gasteiger partial charge in [0, 0.05) is 0 Å². The van der Waals surface area contributed by atoms with Crippen molar-refractivity contribution >= 4 is 18.6 Å². The smallest absolute Gasteiger partial charge is 0.478 e. The molecule has 0 aromatic heterocycles. The van der Waals surface area contributed by atoms with Gasteiger partial charge in [-0.15, -0.1) is 0 Å². The molecule has 4 nitrogen and oxygen atoms in total. The van der Waals surface area contributed by atoms with Gasteiger partial charge in [0.15, 0.2) is 0 Å². The highest BCUT2D eigenvalue weighted by atomic mass is 19.1. The second-order valence-electron chi connectivity index (χ2n) is 2.82. The summed E-state index contributed by atoms with van der Waals surface area (Å²) in [7, 11) is -1.80. The first-order valence-corrected chi connectivity index (χ1v) is 3.83. The van der Waals surface area contributed by atoms with E-state index in [0.717, 1.165) is 12.1 Å². The first-order chi connectivity index (χ1) is 6.45. The Balaban J connectivity index is 3.41. The van der Waals surface area contributed by atoms with Crippen LogP contribution in [0.3, 0.4) is 0 Å². The molecule has 0 aliphatic rings. The number of carboxylic acids is 1. The van der Waals surface area contributed by atoms with Gasteiger partial charge in [-0.25, -0.2) is 9.18 Å². The van der Waals surface area contributed by atoms with Crippen LogP contribution >= 0.6 is 0 Å². The fourth-order valence-electron chi connectivity index (χ4n) is 1.24. The molecule has 0 bridgehead atoms. The van der Waals surface area contributed by atoms with E-state index in [9.17, 15) is 9.18 Å². The average molecular weight is 198 g/mol. The van der Waals surface area contributed by atoms with Gasteiger partial charge in [0.25, 0.3) is 0 Å². The molecular formula is C8H8BFO4. The Bertz CT molecular complexity index is 378. The summed E-state index contributed by atoms with van der Waals surface area (Å²) < 4.78 is 13.0. The largest absolute Gasteiger partial charge is 0.488 e. The van der Waals surface area contributed by atoms with E-state index in [-0.39, 0.29) is 11.0 Å². The van der Waals surface area contributed by atoms with Crippen LogP contribution in [0, 0.1) is 12.7 Å². The van der Waals surface area contributed by atoms with Gasteiger partial charge in [-0.1, -0.05) is 6.07 Å². The second-order valence-corrected chi connectivity index (χ2v) is 2.82. The Kier molecular flexibility index (Phi) is 2.88. The van der Waals surface area contributed by atoms with Crippen LogP contribution in [0.25, 0.3) is 0 Å². The van der Waals surface area contributed by atoms with E-state index < -0.39 is 24.5 Å². The summed E-state index contributed by atoms with van der Waals surface area (Å²) in [6.45, 7) is 1.32. The number of halogens is 1. The number of carboxylic acid groups (broad SMARTS) is 1. The van der Waals surface area contributed by atoms with Crippen LogP contribution in [-0.4, -0.2) is 28.2 Å². The van der Waals surface area contributed by atoms with Crippen LogP contribution in [0.2, 0.25) is 0 Å². The van der Waals surface area contributed by atoms with Crippen molar-refractivity contribution in [1.29, 1.82) is 0 Å². The Morgan fingerprint density at radius 2 is 2.00 bits per heavy atom. The predicted molar refractivity (Wildman–Crippen MR) is 47.9 cm³/mol. The standard InChI is InChI=1S/C8H8BFO4/c1-4-5(9(13)14)2-3-6(10)7(4)8(11)12/h2-3,13-14H,1H3,(H,11,12). The molecule has 1 aromatic rings. The lowest BCUT2D eigenvalue weighted by Gasteiger charge is -2.08. The van der Waals surface area contributed by atoms with Gasteiger partial charge < -0.3 is 15.2 Å². The molecule has 0 amide bonds. The zero-order valence-corrected chi connectivity index (χ0v) is 7.36. The quantitative estimate of drug-likeness (QED) is 0.560. The Hall–Kier alpha value is -1.40. The second kappa shape index (κ2) is 3.77. The molecule has 0 saturated heterocycles. The molecule has 0 fully saturated rings. The van der Waals surface area contributed by atoms with Gasteiger partial charge in [0.2, 0.25) is 0 Å². The van der Waals surface area contributed by atoms with E-state index in [1.54, 1.807) is 0 Å². The van der Waals surface area contributed by atoms with Crippen LogP contribution < -0.4 is 5.46 Å². The highest BCUT2D eigenvalue weighted by Gasteiger charge is 2.21. The Morgan fingerprint density at radius 1 is 1.43 bits per heavy atom. The van der Waals surface area contributed by atoms with Crippen LogP contribution in [0.1, 0.15) is 15.9 Å². The highest BCUT2D eigenvalue weighted by Crippen LogP contribution is 2.11. The van der Waals surface area contributed by atoms with Crippen molar-refractivity contribution in [2.24, 2.45) is 0 Å². The minimum Gasteiger partial charge on any atom is -0.478 e. The zero-order valence-electron chi connectivity index (χ0n) is 7.36. The van der Waals surface area contributed by atoms with Crippen LogP contribution in [0.4, 0.5) is 4.39 Å². The van der Waals surface area contributed by atoms with Crippen molar-refractivity contribution in [3.8, 4) is 0 Å². The zero-order chi connectivity index (χ0) is 10.9. The molecule has 0 aliphatic heterocycles. The fourth-order valence-corrected chi connectivity index (χ4v) is 1.24. The molecule has 0 atom stereocenters. The minimum absolute atomic E-state index is 0.0104. The van der Waals surface area contributed by atoms with Crippen LogP contribution in [-0.2, 0) is 0 Å². The monoisotopic (exact) mass is 198 g/mol. The first-order valence-electron chi connectivity index (χ1n) is 3.83. The van der Waals surface area contributed by atoms with Crippen molar-refractivity contribution in [2.45, 2.75) is 6.92 Å². The molecule has 1 rings (SSSR count). The molecule has 14 heavy (non-hydrogen) atoms. The van der Waals surface area contributed by atoms with Gasteiger partial charge in [-0.3, -0.25) is 0 Å². The van der Waals surface area contributed by atoms with Crippen molar-refractivity contribution in [2.75, 3.05) is 0 Å². The normalized spacial score (nSPS) is 10.0. The maximum atomic E-state index is 13.0. The number of rotatable bonds is 2. The molecule has 0 saturated carbocycles. The van der Waals surface area contributed by atoms with E-state index in [4.69, 9.17) is 15.2 Å². The molecule has 0 unspecified atom stereocenters. The van der Waals surface area contributed by atoms with Crippen molar-refractivity contribution in [3.05, 3.63) is 29.1 Å². The molecule has 3 N–H and O–H groups in total. The number of hydrogen-bond acceptors (Lipinski definition) is 3. The molecule has 1 aromatic carbocycles. The number of aromatic carboxylic acids is 1. The maximum Gasteiger partial charge on any atom is 0.488 e. The summed E-state index contributed by atoms with van der Waals surface area (Å²) in [5.74, 6) is -2.32. The van der Waals surface area contributed by atoms with Gasteiger partial charge in [0.1, 0.15) is 5.82 Å². The summed E-state index contributed by atoms with van der Waals surface area (Å²) in [4.78, 5) is 10.6. The van der Waals surface area contributed by atoms with Gasteiger partial charge in [-0.05, 0) is 24.0 Å². The number of hydrogen-bond donors (Lipinski definition) is 3. The lowest BCUT2D eigenvalue weighted by Crippen LogP contribution is -2.33. The number of carbonyl (C=O) groups is 1. The third-order valence-electron chi connectivity index (χ3n) is 1.95. The summed E-state index contributed by atoms with van der Waals surface area (Å²) in [6, 6.07) is 2.03. The highest BCUT2D eigenvalue weighted by molar-refractivity contribution is 6.59. The van der Waals surface area contributed by atoms with E-state index in [1.165, 1.54) is 6.92 Å². The van der Waals surface area contributed by atoms with E-state index in [2.05, 4.69) is 0 Å². The lowest BCUT2D eigenvalue weighted by atomic mass is 9.76. The van der Waals surface area contributed by atoms with Crippen LogP contribution in [0.5, 0.6) is 0 Å². The SMILES string of the molecule is Cc1c(B(O)O)ccc(F)c1C(=O)O. The van der Waals surface area contributed by atoms with E-state index in [1.807, 2.05) is 0 Å². The predicted octanol–water partition coefficient (Wildman–Crippen LogP) is -0.488. The molecule has 0 spiro atoms. The van der Waals surface area contributed by atoms with Crippen LogP contribution in [0.15, 0.2) is 12.1 Å². The molecule has 0 aliphatic carbocycles. The molecule has 0 heterocycles. The number of benzene rings is 1. The van der Waals surface area contributed by atoms with Crippen molar-refractivity contribution < 1.29 is 24.3 Å². The van der Waals surface area contributed by atoms with Gasteiger partial charge in [0.05, 0.1) is 5.56 Å². The third kappa shape index (κ3) is 1.76. The van der Waals surface area contributed by atoms with Gasteiger partial charge >= 0.3 is 13.1 Å². The minimum atomic E-state index is -1.80. The van der Waals surface area contributed by atoms with Crippen molar-refractivity contribution in [3.63, 3.8) is 0 Å². The van der Waals surface area contributed by atoms with Gasteiger partial charge in [-0.2, -0.15) is 0 Å². The maximum absolute atomic E-state index is 13.0. The third-order valence-corrected chi connectivity index (χ3v) is 1.95. The topological polar surface area (TPSA) is 77.8 Å². The Labute approximate surface area is 79.8 Å². The average Bonchev–Trinajstić information content (AvgIpc) is 2.02. The first kappa shape index (κ1) is 10.7. The summed E-state index contributed by atoms with van der Waals surface area (Å²) in [5.41, 5.74) is -0.521. The molecule has 0 radical (unpaired) electrons. The Morgan fingerprint density at radius 3 is 2.43 bits per heavy atom. The van der Waals surface area contributed by atoms with E-state index in [0.29, 0.717) is 0 Å². The molecule has 6 heteroatoms. The van der Waals surface area contributed by atoms with E-state index >= 15 is 0 Å². The fraction of sp³-hybridized carbons (Fsp3) is 0.125. The summed E-state index contributed by atoms with van der Waals surface area (Å²) in [5, 5.41) is 26.3. The summed E-state index contributed by atoms with van der Waals surface area (Å²) >= 11 is 0. The lowest BCUT2D eigenvalue weighted by molar-refractivity contribution is 0.0691. The molecular weight excluding hydrogens is 190 g/mol.